The molecule has 0 radical (unpaired) electrons. The molecular formula is C17H17NO2S. The van der Waals surface area contributed by atoms with Crippen molar-refractivity contribution in [1.29, 1.82) is 0 Å². The highest BCUT2D eigenvalue weighted by Crippen LogP contribution is 2.18. The van der Waals surface area contributed by atoms with Crippen LogP contribution in [0.4, 0.5) is 0 Å². The van der Waals surface area contributed by atoms with Crippen molar-refractivity contribution in [2.75, 3.05) is 6.61 Å². The van der Waals surface area contributed by atoms with Crippen LogP contribution in [0.25, 0.3) is 0 Å². The van der Waals surface area contributed by atoms with Gasteiger partial charge in [-0.3, -0.25) is 4.79 Å². The van der Waals surface area contributed by atoms with E-state index in [0.717, 1.165) is 10.4 Å². The Labute approximate surface area is 128 Å². The SMILES string of the molecule is CC(NC(=O)c1cccc(C#CCCO)c1)c1cccs1. The highest BCUT2D eigenvalue weighted by molar-refractivity contribution is 7.10. The molecule has 1 amide bonds. The fourth-order valence-electron chi connectivity index (χ4n) is 1.85. The molecule has 3 nitrogen and oxygen atoms in total. The molecule has 21 heavy (non-hydrogen) atoms. The molecule has 108 valence electrons. The normalized spacial score (nSPS) is 11.3. The van der Waals surface area contributed by atoms with Crippen LogP contribution >= 0.6 is 11.3 Å². The fourth-order valence-corrected chi connectivity index (χ4v) is 2.58. The lowest BCUT2D eigenvalue weighted by molar-refractivity contribution is 0.0940. The van der Waals surface area contributed by atoms with Gasteiger partial charge in [-0.15, -0.1) is 11.3 Å². The lowest BCUT2D eigenvalue weighted by Gasteiger charge is -2.12. The van der Waals surface area contributed by atoms with Gasteiger partial charge in [0, 0.05) is 22.4 Å². The van der Waals surface area contributed by atoms with Gasteiger partial charge in [0.05, 0.1) is 12.6 Å². The Morgan fingerprint density at radius 2 is 2.24 bits per heavy atom. The topological polar surface area (TPSA) is 49.3 Å². The standard InChI is InChI=1S/C17H17NO2S/c1-13(16-9-5-11-21-16)18-17(20)15-8-4-7-14(12-15)6-2-3-10-19/h4-5,7-9,11-13,19H,3,10H2,1H3,(H,18,20). The summed E-state index contributed by atoms with van der Waals surface area (Å²) in [6.45, 7) is 2.01. The zero-order valence-corrected chi connectivity index (χ0v) is 12.6. The van der Waals surface area contributed by atoms with Crippen LogP contribution in [0.5, 0.6) is 0 Å². The molecule has 1 aromatic carbocycles. The third-order valence-corrected chi connectivity index (χ3v) is 3.97. The molecule has 1 unspecified atom stereocenters. The van der Waals surface area contributed by atoms with E-state index in [-0.39, 0.29) is 18.6 Å². The number of aliphatic hydroxyl groups excluding tert-OH is 1. The van der Waals surface area contributed by atoms with Gasteiger partial charge in [-0.25, -0.2) is 0 Å². The van der Waals surface area contributed by atoms with Gasteiger partial charge in [0.1, 0.15) is 0 Å². The molecule has 0 aliphatic heterocycles. The number of amides is 1. The molecule has 1 heterocycles. The van der Waals surface area contributed by atoms with Gasteiger partial charge in [-0.05, 0) is 36.6 Å². The minimum atomic E-state index is -0.110. The number of hydrogen-bond donors (Lipinski definition) is 2. The smallest absolute Gasteiger partial charge is 0.251 e. The number of rotatable bonds is 4. The predicted molar refractivity (Wildman–Crippen MR) is 85.2 cm³/mol. The second-order valence-electron chi connectivity index (χ2n) is 4.57. The molecule has 0 aliphatic rings. The van der Waals surface area contributed by atoms with Crippen molar-refractivity contribution < 1.29 is 9.90 Å². The van der Waals surface area contributed by atoms with E-state index in [4.69, 9.17) is 5.11 Å². The lowest BCUT2D eigenvalue weighted by atomic mass is 10.1. The number of carbonyl (C=O) groups is 1. The van der Waals surface area contributed by atoms with E-state index in [1.165, 1.54) is 0 Å². The van der Waals surface area contributed by atoms with Gasteiger partial charge >= 0.3 is 0 Å². The quantitative estimate of drug-likeness (QED) is 0.853. The number of aliphatic hydroxyl groups is 1. The second-order valence-corrected chi connectivity index (χ2v) is 5.55. The minimum Gasteiger partial charge on any atom is -0.395 e. The van der Waals surface area contributed by atoms with Gasteiger partial charge in [0.25, 0.3) is 5.91 Å². The molecule has 4 heteroatoms. The highest BCUT2D eigenvalue weighted by atomic mass is 32.1. The number of nitrogens with one attached hydrogen (secondary N) is 1. The van der Waals surface area contributed by atoms with Crippen molar-refractivity contribution in [3.8, 4) is 11.8 Å². The summed E-state index contributed by atoms with van der Waals surface area (Å²) < 4.78 is 0. The van der Waals surface area contributed by atoms with Crippen LogP contribution in [0.15, 0.2) is 41.8 Å². The Hall–Kier alpha value is -2.09. The molecule has 0 spiro atoms. The molecule has 2 N–H and O–H groups in total. The van der Waals surface area contributed by atoms with E-state index in [1.807, 2.05) is 36.6 Å². The Balaban J connectivity index is 2.06. The van der Waals surface area contributed by atoms with Crippen LogP contribution in [0.2, 0.25) is 0 Å². The monoisotopic (exact) mass is 299 g/mol. The lowest BCUT2D eigenvalue weighted by Crippen LogP contribution is -2.26. The van der Waals surface area contributed by atoms with E-state index in [0.29, 0.717) is 12.0 Å². The van der Waals surface area contributed by atoms with E-state index in [1.54, 1.807) is 23.5 Å². The highest BCUT2D eigenvalue weighted by Gasteiger charge is 2.12. The first-order chi connectivity index (χ1) is 10.2. The molecule has 2 rings (SSSR count). The van der Waals surface area contributed by atoms with Crippen LogP contribution < -0.4 is 5.32 Å². The van der Waals surface area contributed by atoms with Gasteiger partial charge in [0.2, 0.25) is 0 Å². The molecule has 2 aromatic rings. The van der Waals surface area contributed by atoms with Gasteiger partial charge in [0.15, 0.2) is 0 Å². The van der Waals surface area contributed by atoms with Gasteiger partial charge in [-0.1, -0.05) is 24.0 Å². The zero-order chi connectivity index (χ0) is 15.1. The first-order valence-electron chi connectivity index (χ1n) is 6.75. The summed E-state index contributed by atoms with van der Waals surface area (Å²) in [7, 11) is 0. The van der Waals surface area contributed by atoms with Crippen molar-refractivity contribution in [3.05, 3.63) is 57.8 Å². The molecule has 1 atom stereocenters. The fraction of sp³-hybridized carbons (Fsp3) is 0.235. The average molecular weight is 299 g/mol. The largest absolute Gasteiger partial charge is 0.395 e. The first kappa shape index (κ1) is 15.3. The maximum atomic E-state index is 12.2. The number of thiophene rings is 1. The first-order valence-corrected chi connectivity index (χ1v) is 7.62. The Kier molecular flexibility index (Phi) is 5.56. The molecular weight excluding hydrogens is 282 g/mol. The van der Waals surface area contributed by atoms with Crippen LogP contribution in [0.3, 0.4) is 0 Å². The number of hydrogen-bond acceptors (Lipinski definition) is 3. The third kappa shape index (κ3) is 4.45. The maximum Gasteiger partial charge on any atom is 0.251 e. The summed E-state index contributed by atoms with van der Waals surface area (Å²) in [4.78, 5) is 13.4. The molecule has 1 aromatic heterocycles. The van der Waals surface area contributed by atoms with Crippen LogP contribution in [0.1, 0.15) is 40.2 Å². The van der Waals surface area contributed by atoms with Gasteiger partial charge in [-0.2, -0.15) is 0 Å². The molecule has 0 fully saturated rings. The predicted octanol–water partition coefficient (Wildman–Crippen LogP) is 2.97. The molecule has 0 saturated heterocycles. The van der Waals surface area contributed by atoms with Crippen molar-refractivity contribution >= 4 is 17.2 Å². The summed E-state index contributed by atoms with van der Waals surface area (Å²) in [5, 5.41) is 13.7. The molecule has 0 aliphatic carbocycles. The van der Waals surface area contributed by atoms with Crippen LogP contribution in [-0.4, -0.2) is 17.6 Å². The van der Waals surface area contributed by atoms with Crippen molar-refractivity contribution in [1.82, 2.24) is 5.32 Å². The van der Waals surface area contributed by atoms with E-state index >= 15 is 0 Å². The molecule has 0 saturated carbocycles. The Morgan fingerprint density at radius 1 is 1.38 bits per heavy atom. The summed E-state index contributed by atoms with van der Waals surface area (Å²) in [6, 6.07) is 11.2. The Morgan fingerprint density at radius 3 is 2.95 bits per heavy atom. The minimum absolute atomic E-state index is 0.0124. The van der Waals surface area contributed by atoms with Crippen molar-refractivity contribution in [3.63, 3.8) is 0 Å². The number of carbonyl (C=O) groups excluding carboxylic acids is 1. The van der Waals surface area contributed by atoms with E-state index < -0.39 is 0 Å². The average Bonchev–Trinajstić information content (AvgIpc) is 3.02. The second kappa shape index (κ2) is 7.63. The maximum absolute atomic E-state index is 12.2. The van der Waals surface area contributed by atoms with E-state index in [2.05, 4.69) is 17.2 Å². The summed E-state index contributed by atoms with van der Waals surface area (Å²) in [5.41, 5.74) is 1.37. The van der Waals surface area contributed by atoms with Crippen molar-refractivity contribution in [2.24, 2.45) is 0 Å². The summed E-state index contributed by atoms with van der Waals surface area (Å²) >= 11 is 1.62. The number of benzene rings is 1. The van der Waals surface area contributed by atoms with Crippen LogP contribution in [-0.2, 0) is 0 Å². The zero-order valence-electron chi connectivity index (χ0n) is 11.8. The van der Waals surface area contributed by atoms with Gasteiger partial charge < -0.3 is 10.4 Å². The Bertz CT molecular complexity index is 653. The van der Waals surface area contributed by atoms with E-state index in [9.17, 15) is 4.79 Å². The summed E-state index contributed by atoms with van der Waals surface area (Å²) in [5.74, 6) is 5.67. The third-order valence-electron chi connectivity index (χ3n) is 2.91. The molecule has 0 bridgehead atoms. The van der Waals surface area contributed by atoms with Crippen LogP contribution in [0, 0.1) is 11.8 Å². The van der Waals surface area contributed by atoms with Crippen molar-refractivity contribution in [2.45, 2.75) is 19.4 Å². The summed E-state index contributed by atoms with van der Waals surface area (Å²) in [6.07, 6.45) is 0.436.